The molecule has 4 nitrogen and oxygen atoms in total. The largest absolute Gasteiger partial charge is 0.390 e. The summed E-state index contributed by atoms with van der Waals surface area (Å²) < 4.78 is 0. The van der Waals surface area contributed by atoms with Gasteiger partial charge in [-0.2, -0.15) is 4.91 Å². The Kier molecular flexibility index (Phi) is 5.01. The minimum Gasteiger partial charge on any atom is -0.390 e. The highest BCUT2D eigenvalue weighted by Gasteiger charge is 2.27. The maximum atomic E-state index is 10.0. The summed E-state index contributed by atoms with van der Waals surface area (Å²) in [5.41, 5.74) is 0. The lowest BCUT2D eigenvalue weighted by Crippen LogP contribution is -2.38. The van der Waals surface area contributed by atoms with Gasteiger partial charge in [0.05, 0.1) is 6.10 Å². The van der Waals surface area contributed by atoms with E-state index in [-0.39, 0.29) is 5.92 Å². The van der Waals surface area contributed by atoms with Crippen molar-refractivity contribution >= 4 is 0 Å². The predicted molar refractivity (Wildman–Crippen MR) is 46.7 cm³/mol. The van der Waals surface area contributed by atoms with Gasteiger partial charge in [-0.15, -0.1) is 0 Å². The Balaban J connectivity index is 4.07. The Morgan fingerprint density at radius 2 is 1.75 bits per heavy atom. The molecule has 12 heavy (non-hydrogen) atoms. The van der Waals surface area contributed by atoms with E-state index in [1.165, 1.54) is 6.92 Å². The van der Waals surface area contributed by atoms with E-state index in [0.29, 0.717) is 0 Å². The first-order chi connectivity index (χ1) is 5.54. The lowest BCUT2D eigenvalue weighted by atomic mass is 9.94. The number of hydrogen-bond donors (Lipinski definition) is 2. The highest BCUT2D eigenvalue weighted by molar-refractivity contribution is 4.80. The van der Waals surface area contributed by atoms with E-state index < -0.39 is 18.2 Å². The van der Waals surface area contributed by atoms with Crippen LogP contribution in [0.2, 0.25) is 0 Å². The highest BCUT2D eigenvalue weighted by atomic mass is 16.3. The molecule has 0 aliphatic rings. The van der Waals surface area contributed by atoms with E-state index in [1.807, 2.05) is 13.8 Å². The zero-order chi connectivity index (χ0) is 9.72. The number of nitroso groups, excluding NO2 is 1. The average molecular weight is 175 g/mol. The van der Waals surface area contributed by atoms with Gasteiger partial charge in [0.25, 0.3) is 0 Å². The molecule has 0 fully saturated rings. The third kappa shape index (κ3) is 2.87. The highest BCUT2D eigenvalue weighted by Crippen LogP contribution is 2.14. The fourth-order valence-corrected chi connectivity index (χ4v) is 0.926. The van der Waals surface area contributed by atoms with Crippen LogP contribution in [-0.2, 0) is 0 Å². The third-order valence-electron chi connectivity index (χ3n) is 2.24. The number of nitrogens with zero attached hydrogens (tertiary/aromatic N) is 1. The Morgan fingerprint density at radius 1 is 1.25 bits per heavy atom. The van der Waals surface area contributed by atoms with E-state index >= 15 is 0 Å². The number of aliphatic hydroxyl groups is 2. The van der Waals surface area contributed by atoms with Crippen LogP contribution < -0.4 is 0 Å². The van der Waals surface area contributed by atoms with Gasteiger partial charge < -0.3 is 10.2 Å². The number of aliphatic hydroxyl groups excluding tert-OH is 2. The van der Waals surface area contributed by atoms with Crippen LogP contribution >= 0.6 is 0 Å². The fourth-order valence-electron chi connectivity index (χ4n) is 0.926. The zero-order valence-electron chi connectivity index (χ0n) is 7.77. The molecule has 0 spiro atoms. The minimum absolute atomic E-state index is 0.0100. The standard InChI is InChI=1S/C8H17NO3/c1-4-5(2)7(10)8(11)6(3)9-12/h5-8,10-11H,4H2,1-3H3. The van der Waals surface area contributed by atoms with Gasteiger partial charge in [-0.3, -0.25) is 0 Å². The molecule has 0 amide bonds. The molecule has 4 unspecified atom stereocenters. The summed E-state index contributed by atoms with van der Waals surface area (Å²) in [6.07, 6.45) is -1.13. The predicted octanol–water partition coefficient (Wildman–Crippen LogP) is 0.909. The van der Waals surface area contributed by atoms with Crippen molar-refractivity contribution in [3.63, 3.8) is 0 Å². The summed E-state index contributed by atoms with van der Waals surface area (Å²) in [6, 6.07) is -0.742. The minimum atomic E-state index is -1.04. The molecule has 0 aliphatic heterocycles. The third-order valence-corrected chi connectivity index (χ3v) is 2.24. The van der Waals surface area contributed by atoms with E-state index in [0.717, 1.165) is 6.42 Å². The number of hydrogen-bond acceptors (Lipinski definition) is 4. The van der Waals surface area contributed by atoms with E-state index in [9.17, 15) is 15.1 Å². The molecule has 0 aliphatic carbocycles. The van der Waals surface area contributed by atoms with Crippen LogP contribution in [0.3, 0.4) is 0 Å². The summed E-state index contributed by atoms with van der Waals surface area (Å²) in [5, 5.41) is 21.4. The number of rotatable bonds is 5. The van der Waals surface area contributed by atoms with Crippen LogP contribution in [0, 0.1) is 10.8 Å². The topological polar surface area (TPSA) is 69.9 Å². The summed E-state index contributed by atoms with van der Waals surface area (Å²) >= 11 is 0. The fraction of sp³-hybridized carbons (Fsp3) is 1.00. The van der Waals surface area contributed by atoms with Gasteiger partial charge >= 0.3 is 0 Å². The first-order valence-electron chi connectivity index (χ1n) is 4.23. The van der Waals surface area contributed by atoms with Crippen LogP contribution in [0.5, 0.6) is 0 Å². The van der Waals surface area contributed by atoms with Gasteiger partial charge in [-0.05, 0) is 12.8 Å². The molecule has 4 atom stereocenters. The van der Waals surface area contributed by atoms with Crippen LogP contribution in [0.4, 0.5) is 0 Å². The van der Waals surface area contributed by atoms with E-state index in [4.69, 9.17) is 0 Å². The Hall–Kier alpha value is -0.480. The molecule has 4 heteroatoms. The maximum Gasteiger partial charge on any atom is 0.117 e. The van der Waals surface area contributed by atoms with E-state index in [2.05, 4.69) is 5.18 Å². The molecule has 72 valence electrons. The summed E-state index contributed by atoms with van der Waals surface area (Å²) in [6.45, 7) is 5.23. The molecule has 0 bridgehead atoms. The van der Waals surface area contributed by atoms with Gasteiger partial charge in [0.1, 0.15) is 12.1 Å². The van der Waals surface area contributed by atoms with Crippen LogP contribution in [-0.4, -0.2) is 28.5 Å². The van der Waals surface area contributed by atoms with Crippen molar-refractivity contribution in [2.45, 2.75) is 45.4 Å². The van der Waals surface area contributed by atoms with Crippen molar-refractivity contribution in [3.05, 3.63) is 4.91 Å². The maximum absolute atomic E-state index is 10.0. The van der Waals surface area contributed by atoms with Gasteiger partial charge in [0, 0.05) is 0 Å². The monoisotopic (exact) mass is 175 g/mol. The SMILES string of the molecule is CCC(C)C(O)C(O)C(C)N=O. The molecular weight excluding hydrogens is 158 g/mol. The lowest BCUT2D eigenvalue weighted by molar-refractivity contribution is -0.0231. The summed E-state index contributed by atoms with van der Waals surface area (Å²) in [5.74, 6) is -0.0100. The van der Waals surface area contributed by atoms with Crippen molar-refractivity contribution in [2.75, 3.05) is 0 Å². The first-order valence-corrected chi connectivity index (χ1v) is 4.23. The molecule has 0 radical (unpaired) electrons. The van der Waals surface area contributed by atoms with Gasteiger partial charge in [-0.25, -0.2) is 0 Å². The molecule has 0 rings (SSSR count). The Bertz CT molecular complexity index is 140. The zero-order valence-corrected chi connectivity index (χ0v) is 7.77. The van der Waals surface area contributed by atoms with E-state index in [1.54, 1.807) is 0 Å². The molecule has 0 aromatic heterocycles. The molecular formula is C8H17NO3. The Morgan fingerprint density at radius 3 is 2.08 bits per heavy atom. The molecule has 2 N–H and O–H groups in total. The molecule has 0 saturated carbocycles. The van der Waals surface area contributed by atoms with Crippen molar-refractivity contribution in [2.24, 2.45) is 11.1 Å². The quantitative estimate of drug-likeness (QED) is 0.610. The summed E-state index contributed by atoms with van der Waals surface area (Å²) in [7, 11) is 0. The molecule has 0 aromatic carbocycles. The molecule has 0 heterocycles. The van der Waals surface area contributed by atoms with Crippen molar-refractivity contribution < 1.29 is 10.2 Å². The Labute approximate surface area is 72.6 Å². The second-order valence-corrected chi connectivity index (χ2v) is 3.21. The second kappa shape index (κ2) is 5.22. The smallest absolute Gasteiger partial charge is 0.117 e. The normalized spacial score (nSPS) is 21.1. The van der Waals surface area contributed by atoms with Gasteiger partial charge in [-0.1, -0.05) is 25.4 Å². The lowest BCUT2D eigenvalue weighted by Gasteiger charge is -2.23. The van der Waals surface area contributed by atoms with Crippen LogP contribution in [0.1, 0.15) is 27.2 Å². The average Bonchev–Trinajstić information content (AvgIpc) is 2.12. The van der Waals surface area contributed by atoms with Crippen molar-refractivity contribution in [1.82, 2.24) is 0 Å². The van der Waals surface area contributed by atoms with Crippen molar-refractivity contribution in [3.8, 4) is 0 Å². The summed E-state index contributed by atoms with van der Waals surface area (Å²) in [4.78, 5) is 10.0. The van der Waals surface area contributed by atoms with Gasteiger partial charge in [0.2, 0.25) is 0 Å². The second-order valence-electron chi connectivity index (χ2n) is 3.21. The van der Waals surface area contributed by atoms with Crippen LogP contribution in [0.15, 0.2) is 5.18 Å². The van der Waals surface area contributed by atoms with Crippen molar-refractivity contribution in [1.29, 1.82) is 0 Å². The van der Waals surface area contributed by atoms with Crippen LogP contribution in [0.25, 0.3) is 0 Å². The molecule has 0 aromatic rings. The first kappa shape index (κ1) is 11.5. The molecule has 0 saturated heterocycles. The van der Waals surface area contributed by atoms with Gasteiger partial charge in [0.15, 0.2) is 0 Å².